The molecule has 2 aromatic carbocycles. The molecule has 0 atom stereocenters. The number of amides is 2. The molecule has 156 valence electrons. The van der Waals surface area contributed by atoms with Crippen LogP contribution < -0.4 is 19.7 Å². The zero-order valence-electron chi connectivity index (χ0n) is 17.9. The molecular formula is C23H30N2O4. The van der Waals surface area contributed by atoms with E-state index in [4.69, 9.17) is 9.47 Å². The van der Waals surface area contributed by atoms with E-state index in [0.717, 1.165) is 16.8 Å². The van der Waals surface area contributed by atoms with Gasteiger partial charge in [-0.2, -0.15) is 0 Å². The van der Waals surface area contributed by atoms with Gasteiger partial charge in [0.1, 0.15) is 0 Å². The van der Waals surface area contributed by atoms with Gasteiger partial charge in [-0.15, -0.1) is 0 Å². The molecule has 2 rings (SSSR count). The van der Waals surface area contributed by atoms with Crippen molar-refractivity contribution in [1.29, 1.82) is 0 Å². The molecule has 2 amide bonds. The number of nitrogens with one attached hydrogen (secondary N) is 1. The molecule has 0 radical (unpaired) electrons. The van der Waals surface area contributed by atoms with Crippen molar-refractivity contribution in [3.63, 3.8) is 0 Å². The number of carbonyl (C=O) groups excluding carboxylic acids is 2. The molecule has 0 saturated heterocycles. The zero-order valence-corrected chi connectivity index (χ0v) is 17.9. The van der Waals surface area contributed by atoms with Crippen LogP contribution in [-0.4, -0.2) is 39.1 Å². The van der Waals surface area contributed by atoms with Crippen LogP contribution in [0.2, 0.25) is 0 Å². The van der Waals surface area contributed by atoms with E-state index in [9.17, 15) is 9.59 Å². The highest BCUT2D eigenvalue weighted by Crippen LogP contribution is 2.28. The van der Waals surface area contributed by atoms with Crippen LogP contribution in [-0.2, 0) is 16.0 Å². The van der Waals surface area contributed by atoms with Crippen LogP contribution in [0.1, 0.15) is 30.0 Å². The maximum absolute atomic E-state index is 12.2. The van der Waals surface area contributed by atoms with Gasteiger partial charge >= 0.3 is 0 Å². The second kappa shape index (κ2) is 10.5. The summed E-state index contributed by atoms with van der Waals surface area (Å²) < 4.78 is 10.5. The third-order valence-corrected chi connectivity index (χ3v) is 4.93. The highest BCUT2D eigenvalue weighted by Gasteiger charge is 2.13. The van der Waals surface area contributed by atoms with Gasteiger partial charge in [0.25, 0.3) is 0 Å². The Hall–Kier alpha value is -3.02. The molecule has 0 fully saturated rings. The van der Waals surface area contributed by atoms with E-state index < -0.39 is 0 Å². The smallest absolute Gasteiger partial charge is 0.223 e. The minimum Gasteiger partial charge on any atom is -0.493 e. The SMILES string of the molecule is COc1ccc(CCC(=O)NCCN(C(C)=O)c2ccc(C)c(C)c2)cc1OC. The lowest BCUT2D eigenvalue weighted by atomic mass is 10.1. The Labute approximate surface area is 172 Å². The van der Waals surface area contributed by atoms with Gasteiger partial charge in [0.15, 0.2) is 11.5 Å². The van der Waals surface area contributed by atoms with E-state index in [1.165, 1.54) is 12.5 Å². The second-order valence-electron chi connectivity index (χ2n) is 6.98. The molecular weight excluding hydrogens is 368 g/mol. The number of carbonyl (C=O) groups is 2. The van der Waals surface area contributed by atoms with Gasteiger partial charge in [0.05, 0.1) is 14.2 Å². The molecule has 6 nitrogen and oxygen atoms in total. The van der Waals surface area contributed by atoms with Gasteiger partial charge in [-0.25, -0.2) is 0 Å². The summed E-state index contributed by atoms with van der Waals surface area (Å²) in [5, 5.41) is 2.90. The van der Waals surface area contributed by atoms with Crippen molar-refractivity contribution in [2.75, 3.05) is 32.2 Å². The number of hydrogen-bond acceptors (Lipinski definition) is 4. The highest BCUT2D eigenvalue weighted by atomic mass is 16.5. The van der Waals surface area contributed by atoms with E-state index >= 15 is 0 Å². The maximum atomic E-state index is 12.2. The Morgan fingerprint density at radius 1 is 0.966 bits per heavy atom. The Kier molecular flexibility index (Phi) is 8.07. The first-order chi connectivity index (χ1) is 13.8. The van der Waals surface area contributed by atoms with Crippen molar-refractivity contribution in [3.05, 3.63) is 53.1 Å². The van der Waals surface area contributed by atoms with Crippen LogP contribution in [0, 0.1) is 13.8 Å². The lowest BCUT2D eigenvalue weighted by molar-refractivity contribution is -0.121. The molecule has 0 heterocycles. The molecule has 0 spiro atoms. The lowest BCUT2D eigenvalue weighted by Gasteiger charge is -2.22. The molecule has 0 aromatic heterocycles. The topological polar surface area (TPSA) is 67.9 Å². The zero-order chi connectivity index (χ0) is 21.4. The summed E-state index contributed by atoms with van der Waals surface area (Å²) in [4.78, 5) is 25.9. The molecule has 0 aliphatic rings. The first-order valence-electron chi connectivity index (χ1n) is 9.68. The lowest BCUT2D eigenvalue weighted by Crippen LogP contribution is -2.37. The summed E-state index contributed by atoms with van der Waals surface area (Å²) in [5.41, 5.74) is 4.16. The number of hydrogen-bond donors (Lipinski definition) is 1. The monoisotopic (exact) mass is 398 g/mol. The molecule has 0 saturated carbocycles. The average molecular weight is 399 g/mol. The minimum absolute atomic E-state index is 0.0483. The summed E-state index contributed by atoms with van der Waals surface area (Å²) in [5.74, 6) is 1.21. The first-order valence-corrected chi connectivity index (χ1v) is 9.68. The van der Waals surface area contributed by atoms with Crippen LogP contribution in [0.25, 0.3) is 0 Å². The molecule has 0 aliphatic carbocycles. The van der Waals surface area contributed by atoms with Crippen molar-refractivity contribution in [3.8, 4) is 11.5 Å². The van der Waals surface area contributed by atoms with Gasteiger partial charge in [-0.05, 0) is 61.2 Å². The average Bonchev–Trinajstić information content (AvgIpc) is 2.71. The normalized spacial score (nSPS) is 10.4. The number of anilines is 1. The number of methoxy groups -OCH3 is 2. The summed E-state index contributed by atoms with van der Waals surface area (Å²) >= 11 is 0. The number of benzene rings is 2. The number of nitrogens with zero attached hydrogens (tertiary/aromatic N) is 1. The first kappa shape index (κ1) is 22.3. The Morgan fingerprint density at radius 2 is 1.69 bits per heavy atom. The van der Waals surface area contributed by atoms with Gasteiger partial charge in [-0.1, -0.05) is 12.1 Å². The summed E-state index contributed by atoms with van der Waals surface area (Å²) in [7, 11) is 3.18. The van der Waals surface area contributed by atoms with E-state index in [0.29, 0.717) is 37.4 Å². The highest BCUT2D eigenvalue weighted by molar-refractivity contribution is 5.91. The van der Waals surface area contributed by atoms with E-state index in [2.05, 4.69) is 5.32 Å². The Bertz CT molecular complexity index is 864. The summed E-state index contributed by atoms with van der Waals surface area (Å²) in [6.45, 7) is 6.42. The Balaban J connectivity index is 1.86. The van der Waals surface area contributed by atoms with Crippen LogP contribution >= 0.6 is 0 Å². The van der Waals surface area contributed by atoms with Crippen LogP contribution in [0.3, 0.4) is 0 Å². The molecule has 0 unspecified atom stereocenters. The standard InChI is InChI=1S/C23H30N2O4/c1-16-6-9-20(14-17(16)2)25(18(3)26)13-12-24-23(27)11-8-19-7-10-21(28-4)22(15-19)29-5/h6-7,9-10,14-15H,8,11-13H2,1-5H3,(H,24,27). The van der Waals surface area contributed by atoms with E-state index in [1.807, 2.05) is 50.2 Å². The van der Waals surface area contributed by atoms with Crippen LogP contribution in [0.4, 0.5) is 5.69 Å². The second-order valence-corrected chi connectivity index (χ2v) is 6.98. The fourth-order valence-corrected chi connectivity index (χ4v) is 3.05. The van der Waals surface area contributed by atoms with Gasteiger partial charge in [0, 0.05) is 32.1 Å². The van der Waals surface area contributed by atoms with Crippen molar-refractivity contribution in [2.45, 2.75) is 33.6 Å². The fourth-order valence-electron chi connectivity index (χ4n) is 3.05. The van der Waals surface area contributed by atoms with Crippen LogP contribution in [0.15, 0.2) is 36.4 Å². The fraction of sp³-hybridized carbons (Fsp3) is 0.391. The van der Waals surface area contributed by atoms with Crippen molar-refractivity contribution < 1.29 is 19.1 Å². The number of rotatable bonds is 9. The van der Waals surface area contributed by atoms with Crippen LogP contribution in [0.5, 0.6) is 11.5 Å². The summed E-state index contributed by atoms with van der Waals surface area (Å²) in [6, 6.07) is 11.6. The van der Waals surface area contributed by atoms with Gasteiger partial charge < -0.3 is 19.7 Å². The predicted molar refractivity (Wildman–Crippen MR) is 115 cm³/mol. The van der Waals surface area contributed by atoms with Crippen molar-refractivity contribution in [2.24, 2.45) is 0 Å². The molecule has 0 aliphatic heterocycles. The molecule has 1 N–H and O–H groups in total. The quantitative estimate of drug-likeness (QED) is 0.703. The Morgan fingerprint density at radius 3 is 2.31 bits per heavy atom. The third kappa shape index (κ3) is 6.24. The van der Waals surface area contributed by atoms with Crippen molar-refractivity contribution in [1.82, 2.24) is 5.32 Å². The molecule has 29 heavy (non-hydrogen) atoms. The number of ether oxygens (including phenoxy) is 2. The maximum Gasteiger partial charge on any atom is 0.223 e. The molecule has 2 aromatic rings. The third-order valence-electron chi connectivity index (χ3n) is 4.93. The number of aryl methyl sites for hydroxylation is 3. The van der Waals surface area contributed by atoms with E-state index in [-0.39, 0.29) is 11.8 Å². The van der Waals surface area contributed by atoms with Crippen molar-refractivity contribution >= 4 is 17.5 Å². The van der Waals surface area contributed by atoms with E-state index in [1.54, 1.807) is 19.1 Å². The van der Waals surface area contributed by atoms with Gasteiger partial charge in [0.2, 0.25) is 11.8 Å². The molecule has 6 heteroatoms. The minimum atomic E-state index is -0.0524. The summed E-state index contributed by atoms with van der Waals surface area (Å²) in [6.07, 6.45) is 0.957. The van der Waals surface area contributed by atoms with Gasteiger partial charge in [-0.3, -0.25) is 9.59 Å². The largest absolute Gasteiger partial charge is 0.493 e. The predicted octanol–water partition coefficient (Wildman–Crippen LogP) is 3.42. The molecule has 0 bridgehead atoms.